The molecule has 91 heavy (non-hydrogen) atoms. The summed E-state index contributed by atoms with van der Waals surface area (Å²) >= 11 is 0. The van der Waals surface area contributed by atoms with Crippen molar-refractivity contribution in [3.8, 4) is 0 Å². The second-order valence-electron chi connectivity index (χ2n) is 27.1. The number of phosphoric ester groups is 1. The Bertz CT molecular complexity index is 1880. The van der Waals surface area contributed by atoms with E-state index in [4.69, 9.17) is 13.8 Å². The van der Waals surface area contributed by atoms with Crippen LogP contribution < -0.4 is 5.32 Å². The minimum atomic E-state index is -4.46. The predicted octanol–water partition coefficient (Wildman–Crippen LogP) is 25.0. The van der Waals surface area contributed by atoms with Gasteiger partial charge in [0.05, 0.1) is 33.8 Å². The number of esters is 1. The summed E-state index contributed by atoms with van der Waals surface area (Å²) < 4.78 is 30.9. The van der Waals surface area contributed by atoms with Crippen LogP contribution in [0.3, 0.4) is 0 Å². The molecule has 0 aromatic rings. The number of likely N-dealkylation sites (N-methyl/N-ethyl adjacent to an activating group) is 1. The molecule has 3 unspecified atom stereocenters. The van der Waals surface area contributed by atoms with Gasteiger partial charge in [-0.2, -0.15) is 0 Å². The van der Waals surface area contributed by atoms with Crippen molar-refractivity contribution < 1.29 is 37.3 Å². The van der Waals surface area contributed by atoms with E-state index in [-0.39, 0.29) is 31.5 Å². The molecule has 0 saturated heterocycles. The quantitative estimate of drug-likeness (QED) is 0.0205. The van der Waals surface area contributed by atoms with Gasteiger partial charge in [0.15, 0.2) is 0 Å². The summed E-state index contributed by atoms with van der Waals surface area (Å²) in [7, 11) is 1.49. The Labute approximate surface area is 564 Å². The molecule has 0 fully saturated rings. The SMILES string of the molecule is CC/C=C\C/C=C\C/C=C\C/C=C\C/C=C\C/C=C\CCCCCCCCCCC(=O)NC(COP(=O)(O)OCC[N+](C)(C)C)C(/C=C/CCCCCCCCCCC)OC(=O)CCCCCCCCCCCCCCCCCCC/C=C/CCCCCCCC. The summed E-state index contributed by atoms with van der Waals surface area (Å²) in [6, 6.07) is -0.858. The monoisotopic (exact) mass is 1290 g/mol. The lowest BCUT2D eigenvalue weighted by Crippen LogP contribution is -2.47. The van der Waals surface area contributed by atoms with Gasteiger partial charge in [0.2, 0.25) is 5.91 Å². The van der Waals surface area contributed by atoms with Crippen molar-refractivity contribution >= 4 is 19.7 Å². The third kappa shape index (κ3) is 71.1. The van der Waals surface area contributed by atoms with Gasteiger partial charge in [-0.15, -0.1) is 0 Å². The van der Waals surface area contributed by atoms with Gasteiger partial charge in [0.1, 0.15) is 19.3 Å². The third-order valence-corrected chi connectivity index (χ3v) is 18.0. The first kappa shape index (κ1) is 87.9. The standard InChI is InChI=1S/C81H147N2O7P/c1-7-10-13-16-19-22-25-27-29-31-33-35-37-39-41-43-45-47-49-51-53-55-58-61-64-67-70-73-80(84)82-78(77-89-91(86,87)88-76-75-83(4,5)6)79(72-69-66-63-60-57-24-21-18-15-12-9-3)90-81(85)74-71-68-65-62-59-56-54-52-50-48-46-44-42-40-38-36-34-32-30-28-26-23-20-17-14-11-8-2/h10,13,19,22,27-30,33,35,39,41,45,47,69,72,78-79H,7-9,11-12,14-18,20-21,23-26,31-32,34,36-38,40,42-44,46,48-68,70-71,73-77H2,1-6H3,(H-,82,84,86,87)/p+1/b13-10-,22-19-,29-27-,30-28+,35-33-,41-39-,47-45-,72-69+. The normalized spacial score (nSPS) is 14.0. The second kappa shape index (κ2) is 69.8. The molecular weight excluding hydrogens is 1140 g/mol. The molecule has 0 bridgehead atoms. The first-order valence-corrected chi connectivity index (χ1v) is 40.1. The smallest absolute Gasteiger partial charge is 0.456 e. The van der Waals surface area contributed by atoms with E-state index < -0.39 is 20.0 Å². The minimum absolute atomic E-state index is 0.0359. The van der Waals surface area contributed by atoms with Crippen molar-refractivity contribution in [2.24, 2.45) is 0 Å². The highest BCUT2D eigenvalue weighted by Gasteiger charge is 2.30. The Morgan fingerprint density at radius 3 is 1.07 bits per heavy atom. The maximum absolute atomic E-state index is 13.6. The van der Waals surface area contributed by atoms with Crippen LogP contribution in [0.25, 0.3) is 0 Å². The summed E-state index contributed by atoms with van der Waals surface area (Å²) in [6.45, 7) is 6.92. The van der Waals surface area contributed by atoms with E-state index in [2.05, 4.69) is 111 Å². The molecule has 0 aliphatic rings. The van der Waals surface area contributed by atoms with Crippen molar-refractivity contribution in [3.05, 3.63) is 97.2 Å². The number of hydrogen-bond acceptors (Lipinski definition) is 6. The van der Waals surface area contributed by atoms with Crippen LogP contribution in [0.4, 0.5) is 0 Å². The minimum Gasteiger partial charge on any atom is -0.456 e. The van der Waals surface area contributed by atoms with Gasteiger partial charge in [-0.25, -0.2) is 4.57 Å². The van der Waals surface area contributed by atoms with Crippen LogP contribution in [0.2, 0.25) is 0 Å². The number of carbonyl (C=O) groups excluding carboxylic acids is 2. The Kier molecular flexibility index (Phi) is 67.4. The zero-order valence-corrected chi connectivity index (χ0v) is 61.5. The first-order valence-electron chi connectivity index (χ1n) is 38.6. The molecule has 10 heteroatoms. The number of rotatable bonds is 70. The maximum atomic E-state index is 13.6. The lowest BCUT2D eigenvalue weighted by Gasteiger charge is -2.27. The molecule has 0 aromatic carbocycles. The Hall–Kier alpha value is -3.07. The van der Waals surface area contributed by atoms with E-state index in [0.29, 0.717) is 17.4 Å². The number of phosphoric acid groups is 1. The summed E-state index contributed by atoms with van der Waals surface area (Å²) in [6.07, 6.45) is 95.8. The number of nitrogens with one attached hydrogen (secondary N) is 1. The van der Waals surface area contributed by atoms with E-state index in [1.807, 2.05) is 33.3 Å². The van der Waals surface area contributed by atoms with Gasteiger partial charge in [-0.1, -0.05) is 330 Å². The predicted molar refractivity (Wildman–Crippen MR) is 397 cm³/mol. The number of nitrogens with zero attached hydrogens (tertiary/aromatic N) is 1. The average Bonchev–Trinajstić information content (AvgIpc) is 3.08. The Morgan fingerprint density at radius 1 is 0.396 bits per heavy atom. The zero-order chi connectivity index (χ0) is 66.3. The third-order valence-electron chi connectivity index (χ3n) is 17.0. The number of unbranched alkanes of at least 4 members (excludes halogenated alkanes) is 40. The number of amides is 1. The summed E-state index contributed by atoms with van der Waals surface area (Å²) in [5, 5.41) is 3.07. The molecule has 528 valence electrons. The van der Waals surface area contributed by atoms with Gasteiger partial charge < -0.3 is 19.4 Å². The zero-order valence-electron chi connectivity index (χ0n) is 60.6. The fraction of sp³-hybridized carbons (Fsp3) is 0.778. The number of hydrogen-bond donors (Lipinski definition) is 2. The number of allylic oxidation sites excluding steroid dienone is 15. The topological polar surface area (TPSA) is 111 Å². The molecule has 0 aliphatic heterocycles. The van der Waals surface area contributed by atoms with Crippen LogP contribution in [-0.4, -0.2) is 74.3 Å². The number of quaternary nitrogens is 1. The van der Waals surface area contributed by atoms with Gasteiger partial charge in [0, 0.05) is 12.8 Å². The van der Waals surface area contributed by atoms with Crippen molar-refractivity contribution in [3.63, 3.8) is 0 Å². The molecule has 0 rings (SSSR count). The summed E-state index contributed by atoms with van der Waals surface area (Å²) in [4.78, 5) is 38.0. The fourth-order valence-corrected chi connectivity index (χ4v) is 11.9. The molecule has 2 N–H and O–H groups in total. The van der Waals surface area contributed by atoms with Crippen LogP contribution >= 0.6 is 7.82 Å². The van der Waals surface area contributed by atoms with Gasteiger partial charge in [-0.05, 0) is 109 Å². The molecule has 0 heterocycles. The highest BCUT2D eigenvalue weighted by atomic mass is 31.2. The molecule has 9 nitrogen and oxygen atoms in total. The summed E-state index contributed by atoms with van der Waals surface area (Å²) in [5.74, 6) is -0.506. The molecule has 3 atom stereocenters. The van der Waals surface area contributed by atoms with Crippen LogP contribution in [0.15, 0.2) is 97.2 Å². The van der Waals surface area contributed by atoms with E-state index in [1.165, 1.54) is 212 Å². The first-order chi connectivity index (χ1) is 44.4. The number of ether oxygens (including phenoxy) is 1. The molecule has 0 aliphatic carbocycles. The molecule has 1 amide bonds. The lowest BCUT2D eigenvalue weighted by atomic mass is 10.0. The number of carbonyl (C=O) groups is 2. The van der Waals surface area contributed by atoms with Gasteiger partial charge in [0.25, 0.3) is 0 Å². The van der Waals surface area contributed by atoms with Crippen LogP contribution in [-0.2, 0) is 27.9 Å². The average molecular weight is 1290 g/mol. The van der Waals surface area contributed by atoms with E-state index in [0.717, 1.165) is 109 Å². The van der Waals surface area contributed by atoms with Crippen LogP contribution in [0.1, 0.15) is 355 Å². The fourth-order valence-electron chi connectivity index (χ4n) is 11.1. The Balaban J connectivity index is 4.93. The second-order valence-corrected chi connectivity index (χ2v) is 28.6. The van der Waals surface area contributed by atoms with Crippen LogP contribution in [0, 0.1) is 0 Å². The molecule has 0 radical (unpaired) electrons. The molecule has 0 spiro atoms. The van der Waals surface area contributed by atoms with Crippen LogP contribution in [0.5, 0.6) is 0 Å². The van der Waals surface area contributed by atoms with Crippen molar-refractivity contribution in [2.45, 2.75) is 367 Å². The Morgan fingerprint density at radius 2 is 0.703 bits per heavy atom. The molecule has 0 aromatic heterocycles. The van der Waals surface area contributed by atoms with E-state index in [9.17, 15) is 19.0 Å². The highest BCUT2D eigenvalue weighted by molar-refractivity contribution is 7.47. The highest BCUT2D eigenvalue weighted by Crippen LogP contribution is 2.43. The maximum Gasteiger partial charge on any atom is 0.472 e. The lowest BCUT2D eigenvalue weighted by molar-refractivity contribution is -0.870. The van der Waals surface area contributed by atoms with E-state index in [1.54, 1.807) is 0 Å². The van der Waals surface area contributed by atoms with Crippen molar-refractivity contribution in [1.82, 2.24) is 5.32 Å². The van der Waals surface area contributed by atoms with Gasteiger partial charge in [-0.3, -0.25) is 18.6 Å². The van der Waals surface area contributed by atoms with Gasteiger partial charge >= 0.3 is 13.8 Å². The summed E-state index contributed by atoms with van der Waals surface area (Å²) in [5.41, 5.74) is 0. The molecule has 0 saturated carbocycles. The molecular formula is C81H148N2O7P+. The van der Waals surface area contributed by atoms with Crippen molar-refractivity contribution in [2.75, 3.05) is 40.9 Å². The van der Waals surface area contributed by atoms with Crippen molar-refractivity contribution in [1.29, 1.82) is 0 Å². The largest absolute Gasteiger partial charge is 0.472 e. The van der Waals surface area contributed by atoms with E-state index >= 15 is 0 Å².